The van der Waals surface area contributed by atoms with Crippen LogP contribution in [0.5, 0.6) is 0 Å². The Morgan fingerprint density at radius 3 is 1.35 bits per heavy atom. The Hall–Kier alpha value is -1.12. The summed E-state index contributed by atoms with van der Waals surface area (Å²) in [7, 11) is -3.53. The van der Waals surface area contributed by atoms with Gasteiger partial charge in [-0.05, 0) is 24.2 Å². The maximum absolute atomic E-state index is 14.7. The van der Waals surface area contributed by atoms with Crippen LogP contribution in [0.25, 0.3) is 0 Å². The van der Waals surface area contributed by atoms with Crippen molar-refractivity contribution < 1.29 is 4.11 Å². The summed E-state index contributed by atoms with van der Waals surface area (Å²) in [6.45, 7) is 3.96. The molecule has 0 saturated heterocycles. The number of halogens is 2. The van der Waals surface area contributed by atoms with Gasteiger partial charge in [0.15, 0.2) is 0 Å². The first kappa shape index (κ1) is 12.3. The molecule has 2 aromatic rings. The minimum atomic E-state index is -3.53. The predicted molar refractivity (Wildman–Crippen MR) is 74.3 cm³/mol. The van der Waals surface area contributed by atoms with Gasteiger partial charge in [-0.2, -0.15) is 0 Å². The van der Waals surface area contributed by atoms with Crippen LogP contribution in [-0.2, 0) is 0 Å². The van der Waals surface area contributed by atoms with Crippen molar-refractivity contribution in [1.82, 2.24) is 0 Å². The van der Waals surface area contributed by atoms with Crippen molar-refractivity contribution in [2.24, 2.45) is 0 Å². The molecule has 0 nitrogen and oxygen atoms in total. The standard InChI is InChI=1S/C14H14ClFSi/c1-11-3-7-13(8-4-11)17(15,16)14-9-5-12(2)6-10-14/h3-10H,1-2H3. The van der Waals surface area contributed by atoms with Crippen LogP contribution in [0, 0.1) is 13.8 Å². The quantitative estimate of drug-likeness (QED) is 0.578. The van der Waals surface area contributed by atoms with E-state index in [-0.39, 0.29) is 0 Å². The van der Waals surface area contributed by atoms with Gasteiger partial charge in [0, 0.05) is 0 Å². The molecule has 0 heterocycles. The summed E-state index contributed by atoms with van der Waals surface area (Å²) in [4.78, 5) is 0. The average Bonchev–Trinajstić information content (AvgIpc) is 2.30. The van der Waals surface area contributed by atoms with E-state index in [9.17, 15) is 4.11 Å². The first-order chi connectivity index (χ1) is 8.00. The van der Waals surface area contributed by atoms with Crippen LogP contribution >= 0.6 is 11.1 Å². The maximum Gasteiger partial charge on any atom is 0.401 e. The fraction of sp³-hybridized carbons (Fsp3) is 0.143. The number of benzene rings is 2. The molecule has 0 radical (unpaired) electrons. The second-order valence-electron chi connectivity index (χ2n) is 4.31. The molecule has 0 spiro atoms. The molecule has 0 atom stereocenters. The predicted octanol–water partition coefficient (Wildman–Crippen LogP) is 3.07. The number of hydrogen-bond acceptors (Lipinski definition) is 0. The Kier molecular flexibility index (Phi) is 3.36. The van der Waals surface area contributed by atoms with Crippen LogP contribution in [0.1, 0.15) is 11.1 Å². The highest BCUT2D eigenvalue weighted by molar-refractivity contribution is 7.30. The monoisotopic (exact) mass is 264 g/mol. The van der Waals surface area contributed by atoms with Crippen molar-refractivity contribution >= 4 is 29.2 Å². The van der Waals surface area contributed by atoms with Gasteiger partial charge in [0.25, 0.3) is 0 Å². The van der Waals surface area contributed by atoms with E-state index >= 15 is 0 Å². The number of aryl methyl sites for hydroxylation is 2. The SMILES string of the molecule is Cc1ccc([Si](F)(Cl)c2ccc(C)cc2)cc1. The van der Waals surface area contributed by atoms with Gasteiger partial charge in [0.1, 0.15) is 0 Å². The van der Waals surface area contributed by atoms with Crippen LogP contribution < -0.4 is 10.4 Å². The minimum absolute atomic E-state index is 0.605. The Bertz CT molecular complexity index is 455. The van der Waals surface area contributed by atoms with Gasteiger partial charge in [-0.1, -0.05) is 59.7 Å². The van der Waals surface area contributed by atoms with Crippen LogP contribution in [0.3, 0.4) is 0 Å². The van der Waals surface area contributed by atoms with Crippen molar-refractivity contribution in [1.29, 1.82) is 0 Å². The highest BCUT2D eigenvalue weighted by Gasteiger charge is 2.36. The normalized spacial score (nSPS) is 11.5. The third kappa shape index (κ3) is 2.59. The Morgan fingerprint density at radius 1 is 0.765 bits per heavy atom. The third-order valence-corrected chi connectivity index (χ3v) is 6.25. The van der Waals surface area contributed by atoms with Crippen LogP contribution in [0.4, 0.5) is 4.11 Å². The Labute approximate surface area is 107 Å². The molecule has 0 amide bonds. The van der Waals surface area contributed by atoms with E-state index in [0.717, 1.165) is 11.1 Å². The zero-order chi connectivity index (χ0) is 12.5. The summed E-state index contributed by atoms with van der Waals surface area (Å²) in [5.74, 6) is 0. The molecule has 0 aromatic heterocycles. The molecular weight excluding hydrogens is 251 g/mol. The second-order valence-corrected chi connectivity index (χ2v) is 8.17. The maximum atomic E-state index is 14.7. The first-order valence-corrected chi connectivity index (χ1v) is 8.41. The summed E-state index contributed by atoms with van der Waals surface area (Å²) in [5.41, 5.74) is 2.22. The number of rotatable bonds is 2. The second kappa shape index (κ2) is 4.63. The molecular formula is C14H14ClFSi. The molecule has 3 heteroatoms. The van der Waals surface area contributed by atoms with Gasteiger partial charge < -0.3 is 0 Å². The van der Waals surface area contributed by atoms with E-state index in [1.165, 1.54) is 0 Å². The van der Waals surface area contributed by atoms with Gasteiger partial charge in [0.05, 0.1) is 0 Å². The zero-order valence-corrected chi connectivity index (χ0v) is 11.6. The Balaban J connectivity index is 2.41. The number of hydrogen-bond donors (Lipinski definition) is 0. The van der Waals surface area contributed by atoms with E-state index in [2.05, 4.69) is 0 Å². The summed E-state index contributed by atoms with van der Waals surface area (Å²) < 4.78 is 14.7. The average molecular weight is 265 g/mol. The molecule has 2 aromatic carbocycles. The van der Waals surface area contributed by atoms with Crippen molar-refractivity contribution in [3.8, 4) is 0 Å². The van der Waals surface area contributed by atoms with Crippen molar-refractivity contribution in [3.63, 3.8) is 0 Å². The molecule has 88 valence electrons. The molecule has 2 rings (SSSR count). The van der Waals surface area contributed by atoms with Gasteiger partial charge in [-0.15, -0.1) is 11.1 Å². The van der Waals surface area contributed by atoms with Crippen molar-refractivity contribution in [2.45, 2.75) is 13.8 Å². The summed E-state index contributed by atoms with van der Waals surface area (Å²) >= 11 is 6.16. The lowest BCUT2D eigenvalue weighted by molar-refractivity contribution is 0.853. The lowest BCUT2D eigenvalue weighted by atomic mass is 10.2. The lowest BCUT2D eigenvalue weighted by Gasteiger charge is -2.16. The molecule has 0 unspecified atom stereocenters. The largest absolute Gasteiger partial charge is 0.401 e. The molecule has 0 aliphatic rings. The molecule has 0 aliphatic heterocycles. The topological polar surface area (TPSA) is 0 Å². The lowest BCUT2D eigenvalue weighted by Crippen LogP contribution is -2.49. The first-order valence-electron chi connectivity index (χ1n) is 5.52. The van der Waals surface area contributed by atoms with Crippen molar-refractivity contribution in [3.05, 3.63) is 59.7 Å². The van der Waals surface area contributed by atoms with Crippen LogP contribution in [0.15, 0.2) is 48.5 Å². The minimum Gasteiger partial charge on any atom is -0.281 e. The van der Waals surface area contributed by atoms with Gasteiger partial charge in [-0.25, -0.2) is 0 Å². The zero-order valence-electron chi connectivity index (χ0n) is 9.87. The summed E-state index contributed by atoms with van der Waals surface area (Å²) in [6.07, 6.45) is 0. The van der Waals surface area contributed by atoms with E-state index in [1.807, 2.05) is 38.1 Å². The molecule has 0 saturated carbocycles. The molecule has 0 N–H and O–H groups in total. The smallest absolute Gasteiger partial charge is 0.281 e. The fourth-order valence-corrected chi connectivity index (χ4v) is 3.95. The van der Waals surface area contributed by atoms with Gasteiger partial charge >= 0.3 is 7.72 Å². The molecule has 0 aliphatic carbocycles. The summed E-state index contributed by atoms with van der Waals surface area (Å²) in [6, 6.07) is 14.7. The third-order valence-electron chi connectivity index (χ3n) is 2.83. The van der Waals surface area contributed by atoms with Crippen molar-refractivity contribution in [2.75, 3.05) is 0 Å². The highest BCUT2D eigenvalue weighted by Crippen LogP contribution is 2.13. The fourth-order valence-electron chi connectivity index (χ4n) is 1.69. The van der Waals surface area contributed by atoms with E-state index in [1.54, 1.807) is 24.3 Å². The van der Waals surface area contributed by atoms with E-state index in [0.29, 0.717) is 10.4 Å². The highest BCUT2D eigenvalue weighted by atomic mass is 35.6. The van der Waals surface area contributed by atoms with Gasteiger partial charge in [0.2, 0.25) is 0 Å². The molecule has 17 heavy (non-hydrogen) atoms. The molecule has 0 fully saturated rings. The van der Waals surface area contributed by atoms with Crippen LogP contribution in [0.2, 0.25) is 0 Å². The van der Waals surface area contributed by atoms with E-state index in [4.69, 9.17) is 11.1 Å². The Morgan fingerprint density at radius 2 is 1.06 bits per heavy atom. The van der Waals surface area contributed by atoms with Gasteiger partial charge in [-0.3, -0.25) is 4.11 Å². The van der Waals surface area contributed by atoms with E-state index < -0.39 is 7.72 Å². The summed E-state index contributed by atoms with van der Waals surface area (Å²) in [5, 5.41) is 1.21. The van der Waals surface area contributed by atoms with Crippen LogP contribution in [-0.4, -0.2) is 7.72 Å². The molecule has 0 bridgehead atoms.